The summed E-state index contributed by atoms with van der Waals surface area (Å²) in [4.78, 5) is 9.99. The number of nitrogens with zero attached hydrogens (tertiary/aromatic N) is 3. The summed E-state index contributed by atoms with van der Waals surface area (Å²) in [6.07, 6.45) is 3.14. The largest absolute Gasteiger partial charge is 0.469 e. The number of rotatable bonds is 3. The molecular formula is C11H12ClN3O. The van der Waals surface area contributed by atoms with Gasteiger partial charge < -0.3 is 9.32 Å². The van der Waals surface area contributed by atoms with Gasteiger partial charge in [0, 0.05) is 25.2 Å². The molecule has 0 spiro atoms. The van der Waals surface area contributed by atoms with Gasteiger partial charge in [0.1, 0.15) is 23.1 Å². The van der Waals surface area contributed by atoms with E-state index in [1.54, 1.807) is 12.3 Å². The molecule has 2 rings (SSSR count). The molecule has 0 aliphatic heterocycles. The van der Waals surface area contributed by atoms with Crippen molar-refractivity contribution in [3.05, 3.63) is 41.2 Å². The van der Waals surface area contributed by atoms with E-state index >= 15 is 0 Å². The van der Waals surface area contributed by atoms with E-state index < -0.39 is 0 Å². The van der Waals surface area contributed by atoms with Crippen LogP contribution in [0.3, 0.4) is 0 Å². The summed E-state index contributed by atoms with van der Waals surface area (Å²) in [5.74, 6) is 1.72. The van der Waals surface area contributed by atoms with E-state index in [0.717, 1.165) is 23.7 Å². The molecule has 0 N–H and O–H groups in total. The van der Waals surface area contributed by atoms with Crippen LogP contribution in [0.15, 0.2) is 29.1 Å². The molecule has 2 aromatic heterocycles. The van der Waals surface area contributed by atoms with E-state index in [2.05, 4.69) is 9.97 Å². The minimum atomic E-state index is 0.445. The summed E-state index contributed by atoms with van der Waals surface area (Å²) in [5, 5.41) is 0.445. The second-order valence-corrected chi connectivity index (χ2v) is 3.94. The van der Waals surface area contributed by atoms with Gasteiger partial charge >= 0.3 is 0 Å². The van der Waals surface area contributed by atoms with E-state index in [0.29, 0.717) is 5.15 Å². The molecule has 0 bridgehead atoms. The third-order valence-electron chi connectivity index (χ3n) is 2.38. The van der Waals surface area contributed by atoms with Gasteiger partial charge in [0.25, 0.3) is 0 Å². The van der Waals surface area contributed by atoms with Gasteiger partial charge in [0.2, 0.25) is 0 Å². The standard InChI is InChI=1S/C11H12ClN3O/c1-8-9(3-4-16-8)6-15(2)11-5-10(12)13-7-14-11/h3-5,7H,6H2,1-2H3. The predicted octanol–water partition coefficient (Wildman–Crippen LogP) is 2.67. The van der Waals surface area contributed by atoms with Gasteiger partial charge in [-0.25, -0.2) is 9.97 Å². The fourth-order valence-electron chi connectivity index (χ4n) is 1.44. The Morgan fingerprint density at radius 2 is 2.25 bits per heavy atom. The van der Waals surface area contributed by atoms with Crippen molar-refractivity contribution in [2.24, 2.45) is 0 Å². The van der Waals surface area contributed by atoms with Crippen molar-refractivity contribution in [3.63, 3.8) is 0 Å². The molecule has 16 heavy (non-hydrogen) atoms. The zero-order valence-corrected chi connectivity index (χ0v) is 9.90. The van der Waals surface area contributed by atoms with Crippen LogP contribution in [0.4, 0.5) is 5.82 Å². The monoisotopic (exact) mass is 237 g/mol. The Bertz CT molecular complexity index is 484. The van der Waals surface area contributed by atoms with Gasteiger partial charge in [0.05, 0.1) is 6.26 Å². The van der Waals surface area contributed by atoms with E-state index in [-0.39, 0.29) is 0 Å². The fraction of sp³-hybridized carbons (Fsp3) is 0.273. The maximum Gasteiger partial charge on any atom is 0.134 e. The highest BCUT2D eigenvalue weighted by molar-refractivity contribution is 6.29. The van der Waals surface area contributed by atoms with Crippen molar-refractivity contribution in [1.82, 2.24) is 9.97 Å². The summed E-state index contributed by atoms with van der Waals surface area (Å²) in [6.45, 7) is 2.67. The number of aromatic nitrogens is 2. The number of furan rings is 1. The summed E-state index contributed by atoms with van der Waals surface area (Å²) >= 11 is 5.81. The van der Waals surface area contributed by atoms with Crippen molar-refractivity contribution in [2.45, 2.75) is 13.5 Å². The zero-order chi connectivity index (χ0) is 11.5. The smallest absolute Gasteiger partial charge is 0.134 e. The van der Waals surface area contributed by atoms with Gasteiger partial charge in [-0.05, 0) is 13.0 Å². The van der Waals surface area contributed by atoms with E-state index in [1.807, 2.05) is 24.9 Å². The SMILES string of the molecule is Cc1occc1CN(C)c1cc(Cl)ncn1. The Balaban J connectivity index is 2.14. The molecular weight excluding hydrogens is 226 g/mol. The summed E-state index contributed by atoms with van der Waals surface area (Å²) < 4.78 is 5.24. The Hall–Kier alpha value is -1.55. The first-order valence-corrected chi connectivity index (χ1v) is 5.26. The fourth-order valence-corrected chi connectivity index (χ4v) is 1.59. The van der Waals surface area contributed by atoms with Crippen molar-refractivity contribution >= 4 is 17.4 Å². The Labute approximate surface area is 98.9 Å². The van der Waals surface area contributed by atoms with Crippen LogP contribution in [0.5, 0.6) is 0 Å². The Morgan fingerprint density at radius 3 is 2.88 bits per heavy atom. The molecule has 0 atom stereocenters. The molecule has 0 aliphatic carbocycles. The van der Waals surface area contributed by atoms with Gasteiger partial charge in [-0.1, -0.05) is 11.6 Å². The van der Waals surface area contributed by atoms with Crippen LogP contribution in [0.2, 0.25) is 5.15 Å². The molecule has 4 nitrogen and oxygen atoms in total. The lowest BCUT2D eigenvalue weighted by Gasteiger charge is -2.17. The summed E-state index contributed by atoms with van der Waals surface area (Å²) in [7, 11) is 1.95. The Morgan fingerprint density at radius 1 is 1.44 bits per heavy atom. The van der Waals surface area contributed by atoms with Crippen molar-refractivity contribution in [3.8, 4) is 0 Å². The molecule has 0 aromatic carbocycles. The highest BCUT2D eigenvalue weighted by Crippen LogP contribution is 2.17. The highest BCUT2D eigenvalue weighted by atomic mass is 35.5. The maximum atomic E-state index is 5.81. The molecule has 2 aromatic rings. The quantitative estimate of drug-likeness (QED) is 0.770. The van der Waals surface area contributed by atoms with Crippen molar-refractivity contribution < 1.29 is 4.42 Å². The second-order valence-electron chi connectivity index (χ2n) is 3.56. The Kier molecular flexibility index (Phi) is 3.10. The van der Waals surface area contributed by atoms with Crippen molar-refractivity contribution in [2.75, 3.05) is 11.9 Å². The number of hydrogen-bond acceptors (Lipinski definition) is 4. The van der Waals surface area contributed by atoms with Crippen LogP contribution < -0.4 is 4.90 Å². The van der Waals surface area contributed by atoms with E-state index in [9.17, 15) is 0 Å². The molecule has 0 amide bonds. The maximum absolute atomic E-state index is 5.81. The first-order chi connectivity index (χ1) is 7.66. The van der Waals surface area contributed by atoms with Gasteiger partial charge in [-0.2, -0.15) is 0 Å². The normalized spacial score (nSPS) is 10.4. The minimum Gasteiger partial charge on any atom is -0.469 e. The third-order valence-corrected chi connectivity index (χ3v) is 2.59. The average Bonchev–Trinajstić information content (AvgIpc) is 2.64. The minimum absolute atomic E-state index is 0.445. The number of aryl methyl sites for hydroxylation is 1. The lowest BCUT2D eigenvalue weighted by atomic mass is 10.2. The topological polar surface area (TPSA) is 42.2 Å². The summed E-state index contributed by atoms with van der Waals surface area (Å²) in [5.41, 5.74) is 1.14. The third kappa shape index (κ3) is 2.33. The van der Waals surface area contributed by atoms with Crippen LogP contribution in [-0.2, 0) is 6.54 Å². The molecule has 0 unspecified atom stereocenters. The summed E-state index contributed by atoms with van der Waals surface area (Å²) in [6, 6.07) is 3.69. The van der Waals surface area contributed by atoms with E-state index in [1.165, 1.54) is 6.33 Å². The highest BCUT2D eigenvalue weighted by Gasteiger charge is 2.07. The second kappa shape index (κ2) is 4.53. The lowest BCUT2D eigenvalue weighted by molar-refractivity contribution is 0.529. The zero-order valence-electron chi connectivity index (χ0n) is 9.14. The number of anilines is 1. The molecule has 0 fully saturated rings. The van der Waals surface area contributed by atoms with Crippen LogP contribution in [-0.4, -0.2) is 17.0 Å². The van der Waals surface area contributed by atoms with Crippen LogP contribution in [0, 0.1) is 6.92 Å². The molecule has 0 aliphatic rings. The van der Waals surface area contributed by atoms with Gasteiger partial charge in [-0.15, -0.1) is 0 Å². The van der Waals surface area contributed by atoms with Crippen LogP contribution >= 0.6 is 11.6 Å². The van der Waals surface area contributed by atoms with Crippen LogP contribution in [0.25, 0.3) is 0 Å². The predicted molar refractivity (Wildman–Crippen MR) is 62.6 cm³/mol. The van der Waals surface area contributed by atoms with E-state index in [4.69, 9.17) is 16.0 Å². The van der Waals surface area contributed by atoms with Gasteiger partial charge in [0.15, 0.2) is 0 Å². The van der Waals surface area contributed by atoms with Crippen molar-refractivity contribution in [1.29, 1.82) is 0 Å². The molecule has 0 saturated carbocycles. The number of halogens is 1. The first kappa shape index (κ1) is 11.0. The molecule has 0 saturated heterocycles. The first-order valence-electron chi connectivity index (χ1n) is 4.88. The molecule has 0 radical (unpaired) electrons. The van der Waals surface area contributed by atoms with Gasteiger partial charge in [-0.3, -0.25) is 0 Å². The molecule has 2 heterocycles. The number of hydrogen-bond donors (Lipinski definition) is 0. The van der Waals surface area contributed by atoms with Crippen LogP contribution in [0.1, 0.15) is 11.3 Å². The lowest BCUT2D eigenvalue weighted by Crippen LogP contribution is -2.17. The molecule has 84 valence electrons. The molecule has 5 heteroatoms. The average molecular weight is 238 g/mol.